The third kappa shape index (κ3) is 4.59. The normalized spacial score (nSPS) is 14.3. The van der Waals surface area contributed by atoms with Gasteiger partial charge >= 0.3 is 0 Å². The van der Waals surface area contributed by atoms with Gasteiger partial charge in [0, 0.05) is 24.2 Å². The maximum Gasteiger partial charge on any atom is 0.245 e. The summed E-state index contributed by atoms with van der Waals surface area (Å²) in [6.07, 6.45) is 1.41. The average Bonchev–Trinajstić information content (AvgIpc) is 3.27. The molecule has 4 rings (SSSR count). The monoisotopic (exact) mass is 476 g/mol. The number of amides is 2. The van der Waals surface area contributed by atoms with Crippen molar-refractivity contribution in [3.05, 3.63) is 47.0 Å². The van der Waals surface area contributed by atoms with Crippen LogP contribution in [0.4, 0.5) is 5.69 Å². The number of carbonyl (C=O) groups is 2. The van der Waals surface area contributed by atoms with Gasteiger partial charge in [-0.15, -0.1) is 11.3 Å². The molecule has 0 spiro atoms. The van der Waals surface area contributed by atoms with Crippen molar-refractivity contribution in [2.45, 2.75) is 11.7 Å². The van der Waals surface area contributed by atoms with Crippen LogP contribution in [0.1, 0.15) is 15.8 Å². The molecule has 1 aromatic heterocycles. The molecule has 1 unspecified atom stereocenters. The smallest absolute Gasteiger partial charge is 0.245 e. The van der Waals surface area contributed by atoms with Crippen LogP contribution in [-0.2, 0) is 25.8 Å². The minimum atomic E-state index is -3.72. The van der Waals surface area contributed by atoms with Crippen LogP contribution in [0.5, 0.6) is 0 Å². The molecule has 2 heterocycles. The second kappa shape index (κ2) is 8.58. The van der Waals surface area contributed by atoms with Gasteiger partial charge in [0.25, 0.3) is 0 Å². The van der Waals surface area contributed by atoms with Gasteiger partial charge in [0.2, 0.25) is 11.8 Å². The van der Waals surface area contributed by atoms with E-state index in [0.717, 1.165) is 45.3 Å². The molecule has 0 fully saturated rings. The number of fused-ring (bicyclic) bond motifs is 2. The van der Waals surface area contributed by atoms with Crippen molar-refractivity contribution in [2.75, 3.05) is 23.9 Å². The van der Waals surface area contributed by atoms with Crippen LogP contribution in [0.15, 0.2) is 36.4 Å². The number of benzene rings is 2. The van der Waals surface area contributed by atoms with E-state index in [-0.39, 0.29) is 17.5 Å². The highest BCUT2D eigenvalue weighted by Crippen LogP contribution is 2.35. The number of rotatable bonds is 7. The van der Waals surface area contributed by atoms with Crippen LogP contribution < -0.4 is 15.8 Å². The van der Waals surface area contributed by atoms with Gasteiger partial charge in [-0.2, -0.15) is 0 Å². The molecule has 2 aromatic carbocycles. The van der Waals surface area contributed by atoms with Crippen molar-refractivity contribution in [3.8, 4) is 11.1 Å². The van der Waals surface area contributed by atoms with Crippen LogP contribution in [0.2, 0.25) is 0 Å². The fourth-order valence-corrected chi connectivity index (χ4v) is 6.21. The lowest BCUT2D eigenvalue weighted by Gasteiger charge is -2.12. The highest BCUT2D eigenvalue weighted by molar-refractivity contribution is 7.97. The molecule has 0 aliphatic carbocycles. The van der Waals surface area contributed by atoms with Crippen molar-refractivity contribution >= 4 is 60.8 Å². The molecule has 0 radical (unpaired) electrons. The first-order valence-corrected chi connectivity index (χ1v) is 13.2. The Morgan fingerprint density at radius 1 is 1.29 bits per heavy atom. The van der Waals surface area contributed by atoms with Crippen LogP contribution in [0.25, 0.3) is 21.3 Å². The number of hydrogen-bond acceptors (Lipinski definition) is 8. The zero-order valence-corrected chi connectivity index (χ0v) is 19.0. The summed E-state index contributed by atoms with van der Waals surface area (Å²) in [4.78, 5) is 28.6. The number of nitrogens with zero attached hydrogens (tertiary/aromatic N) is 1. The summed E-state index contributed by atoms with van der Waals surface area (Å²) in [5.74, 6) is -0.151. The van der Waals surface area contributed by atoms with Gasteiger partial charge in [-0.25, -0.2) is 13.4 Å². The largest absolute Gasteiger partial charge is 0.354 e. The van der Waals surface area contributed by atoms with E-state index in [1.54, 1.807) is 6.07 Å². The Morgan fingerprint density at radius 3 is 2.77 bits per heavy atom. The molecule has 1 aliphatic heterocycles. The van der Waals surface area contributed by atoms with Crippen LogP contribution in [0.3, 0.4) is 0 Å². The van der Waals surface area contributed by atoms with Gasteiger partial charge in [0.1, 0.15) is 5.01 Å². The van der Waals surface area contributed by atoms with Gasteiger partial charge in [0.05, 0.1) is 16.6 Å². The molecule has 8 nitrogen and oxygen atoms in total. The lowest BCUT2D eigenvalue weighted by atomic mass is 10.0. The summed E-state index contributed by atoms with van der Waals surface area (Å²) in [5, 5.41) is 9.67. The number of sulfone groups is 1. The minimum Gasteiger partial charge on any atom is -0.354 e. The third-order valence-corrected chi connectivity index (χ3v) is 7.85. The van der Waals surface area contributed by atoms with Crippen molar-refractivity contribution in [2.24, 2.45) is 5.14 Å². The maximum atomic E-state index is 12.6. The van der Waals surface area contributed by atoms with E-state index in [1.165, 1.54) is 11.3 Å². The number of aromatic nitrogens is 1. The second-order valence-corrected chi connectivity index (χ2v) is 11.1. The van der Waals surface area contributed by atoms with Gasteiger partial charge in [0.15, 0.2) is 15.1 Å². The Bertz CT molecular complexity index is 1290. The lowest BCUT2D eigenvalue weighted by Crippen LogP contribution is -2.34. The molecule has 2 amide bonds. The summed E-state index contributed by atoms with van der Waals surface area (Å²) in [6, 6.07) is 11.4. The molecule has 0 saturated heterocycles. The molecule has 1 aliphatic rings. The molecular weight excluding hydrogens is 456 g/mol. The summed E-state index contributed by atoms with van der Waals surface area (Å²) >= 11 is 2.25. The van der Waals surface area contributed by atoms with E-state index in [4.69, 9.17) is 5.14 Å². The summed E-state index contributed by atoms with van der Waals surface area (Å²) < 4.78 is 25.5. The standard InChI is InChI=1S/C20H20N4O4S3/c1-31(27,28)18(19(26)22-6-7-29-21)20-24-14-5-4-12(9-16(14)30-20)11-2-3-13-10-17(25)23-15(13)8-11/h2-5,8-9,18H,6-7,10,21H2,1H3,(H,22,26)(H,23,25). The van der Waals surface area contributed by atoms with Gasteiger partial charge in [-0.3, -0.25) is 14.7 Å². The van der Waals surface area contributed by atoms with Crippen LogP contribution >= 0.6 is 23.3 Å². The fourth-order valence-electron chi connectivity index (χ4n) is 3.44. The fraction of sp³-hybridized carbons (Fsp3) is 0.250. The molecule has 31 heavy (non-hydrogen) atoms. The SMILES string of the molecule is CS(=O)(=O)C(C(=O)NCCSN)c1nc2ccc(-c3ccc4c(c3)NC(=O)C4)cc2s1. The minimum absolute atomic E-state index is 0.0233. The highest BCUT2D eigenvalue weighted by Gasteiger charge is 2.33. The number of hydrogen-bond donors (Lipinski definition) is 3. The lowest BCUT2D eigenvalue weighted by molar-refractivity contribution is -0.120. The predicted octanol–water partition coefficient (Wildman–Crippen LogP) is 2.27. The van der Waals surface area contributed by atoms with Crippen molar-refractivity contribution in [3.63, 3.8) is 0 Å². The quantitative estimate of drug-likeness (QED) is 0.352. The number of carbonyl (C=O) groups excluding carboxylic acids is 2. The van der Waals surface area contributed by atoms with E-state index >= 15 is 0 Å². The van der Waals surface area contributed by atoms with E-state index in [1.807, 2.05) is 30.3 Å². The first kappa shape index (κ1) is 21.8. The number of nitrogens with one attached hydrogen (secondary N) is 2. The topological polar surface area (TPSA) is 131 Å². The van der Waals surface area contributed by atoms with Gasteiger partial charge < -0.3 is 10.6 Å². The molecule has 3 aromatic rings. The average molecular weight is 477 g/mol. The second-order valence-electron chi connectivity index (χ2n) is 7.20. The Kier molecular flexibility index (Phi) is 6.02. The van der Waals surface area contributed by atoms with Crippen molar-refractivity contribution < 1.29 is 18.0 Å². The third-order valence-electron chi connectivity index (χ3n) is 4.88. The molecular formula is C20H20N4O4S3. The number of anilines is 1. The van der Waals surface area contributed by atoms with Gasteiger partial charge in [-0.1, -0.05) is 30.1 Å². The zero-order valence-electron chi connectivity index (χ0n) is 16.5. The summed E-state index contributed by atoms with van der Waals surface area (Å²) in [7, 11) is -3.72. The summed E-state index contributed by atoms with van der Waals surface area (Å²) in [6.45, 7) is 0.274. The van der Waals surface area contributed by atoms with E-state index in [0.29, 0.717) is 17.7 Å². The molecule has 4 N–H and O–H groups in total. The predicted molar refractivity (Wildman–Crippen MR) is 125 cm³/mol. The molecule has 0 saturated carbocycles. The number of thiazole rings is 1. The Balaban J connectivity index is 1.67. The highest BCUT2D eigenvalue weighted by atomic mass is 32.2. The Morgan fingerprint density at radius 2 is 2.03 bits per heavy atom. The maximum absolute atomic E-state index is 12.6. The molecule has 162 valence electrons. The van der Waals surface area contributed by atoms with Gasteiger partial charge in [-0.05, 0) is 34.9 Å². The first-order valence-electron chi connectivity index (χ1n) is 9.38. The van der Waals surface area contributed by atoms with Crippen LogP contribution in [-0.4, -0.2) is 43.8 Å². The molecule has 0 bridgehead atoms. The first-order chi connectivity index (χ1) is 14.8. The van der Waals surface area contributed by atoms with E-state index in [9.17, 15) is 18.0 Å². The molecule has 11 heteroatoms. The summed E-state index contributed by atoms with van der Waals surface area (Å²) in [5.41, 5.74) is 4.22. The van der Waals surface area contributed by atoms with Crippen molar-refractivity contribution in [1.29, 1.82) is 0 Å². The van der Waals surface area contributed by atoms with E-state index in [2.05, 4.69) is 15.6 Å². The number of nitrogens with two attached hydrogens (primary N) is 1. The van der Waals surface area contributed by atoms with E-state index < -0.39 is 21.0 Å². The Labute approximate surface area is 187 Å². The van der Waals surface area contributed by atoms with Crippen molar-refractivity contribution in [1.82, 2.24) is 10.3 Å². The molecule has 1 atom stereocenters. The Hall–Kier alpha value is -2.47. The van der Waals surface area contributed by atoms with Crippen LogP contribution in [0, 0.1) is 0 Å². The zero-order chi connectivity index (χ0) is 22.2.